The van der Waals surface area contributed by atoms with Gasteiger partial charge < -0.3 is 10.2 Å². The van der Waals surface area contributed by atoms with E-state index in [4.69, 9.17) is 10.2 Å². The minimum Gasteiger partial charge on any atom is -0.393 e. The molecule has 0 saturated heterocycles. The van der Waals surface area contributed by atoms with E-state index in [1.165, 1.54) is 0 Å². The molecule has 0 saturated carbocycles. The van der Waals surface area contributed by atoms with Crippen LogP contribution in [-0.2, 0) is 0 Å². The molecule has 0 amide bonds. The zero-order valence-electron chi connectivity index (χ0n) is 8.33. The molecular formula is C13H10O2. The van der Waals surface area contributed by atoms with Crippen LogP contribution in [0.2, 0.25) is 0 Å². The minimum atomic E-state index is -1.04. The minimum absolute atomic E-state index is 0.394. The summed E-state index contributed by atoms with van der Waals surface area (Å²) in [4.78, 5) is 0. The molecule has 15 heavy (non-hydrogen) atoms. The Balaban J connectivity index is 4.10. The van der Waals surface area contributed by atoms with Gasteiger partial charge in [-0.15, -0.1) is 0 Å². The average molecular weight is 198 g/mol. The fourth-order valence-electron chi connectivity index (χ4n) is 0.451. The molecule has 74 valence electrons. The first-order chi connectivity index (χ1) is 7.31. The zero-order chi connectivity index (χ0) is 11.4. The molecule has 0 aromatic heterocycles. The standard InChI is InChI=1S/C13H10O2/c1-2-3-4-5-6-7-8-9-10-11-13(15)12-14/h2-3,13-15H,12H2,1H3/b3-2+/t13-/m0/s1. The quantitative estimate of drug-likeness (QED) is 0.579. The number of aliphatic hydroxyl groups excluding tert-OH is 2. The van der Waals surface area contributed by atoms with Gasteiger partial charge in [0.25, 0.3) is 0 Å². The molecule has 0 aliphatic heterocycles. The van der Waals surface area contributed by atoms with Crippen LogP contribution in [0.3, 0.4) is 0 Å². The van der Waals surface area contributed by atoms with Crippen LogP contribution in [-0.4, -0.2) is 22.9 Å². The third-order valence-electron chi connectivity index (χ3n) is 1.05. The molecule has 0 radical (unpaired) electrons. The van der Waals surface area contributed by atoms with Crippen molar-refractivity contribution in [1.82, 2.24) is 0 Å². The highest BCUT2D eigenvalue weighted by Gasteiger charge is 1.90. The highest BCUT2D eigenvalue weighted by atomic mass is 16.3. The van der Waals surface area contributed by atoms with E-state index >= 15 is 0 Å². The summed E-state index contributed by atoms with van der Waals surface area (Å²) in [6.07, 6.45) is 2.45. The van der Waals surface area contributed by atoms with Crippen LogP contribution in [0.4, 0.5) is 0 Å². The number of hydrogen-bond acceptors (Lipinski definition) is 2. The van der Waals surface area contributed by atoms with Crippen LogP contribution < -0.4 is 0 Å². The summed E-state index contributed by atoms with van der Waals surface area (Å²) in [5, 5.41) is 17.2. The topological polar surface area (TPSA) is 40.5 Å². The van der Waals surface area contributed by atoms with Gasteiger partial charge in [-0.25, -0.2) is 0 Å². The molecule has 0 fully saturated rings. The Kier molecular flexibility index (Phi) is 8.59. The highest BCUT2D eigenvalue weighted by Crippen LogP contribution is 1.72. The van der Waals surface area contributed by atoms with E-state index in [1.807, 2.05) is 13.0 Å². The van der Waals surface area contributed by atoms with Crippen LogP contribution in [0, 0.1) is 47.4 Å². The van der Waals surface area contributed by atoms with Crippen LogP contribution in [0.5, 0.6) is 0 Å². The Morgan fingerprint density at radius 2 is 1.67 bits per heavy atom. The van der Waals surface area contributed by atoms with Crippen LogP contribution in [0.1, 0.15) is 6.92 Å². The first-order valence-electron chi connectivity index (χ1n) is 4.22. The predicted molar refractivity (Wildman–Crippen MR) is 59.0 cm³/mol. The van der Waals surface area contributed by atoms with Crippen LogP contribution in [0.25, 0.3) is 0 Å². The maximum Gasteiger partial charge on any atom is 0.138 e. The molecule has 0 heterocycles. The molecular weight excluding hydrogens is 188 g/mol. The fourth-order valence-corrected chi connectivity index (χ4v) is 0.451. The van der Waals surface area contributed by atoms with Gasteiger partial charge in [-0.3, -0.25) is 0 Å². The van der Waals surface area contributed by atoms with Crippen molar-refractivity contribution in [2.24, 2.45) is 0 Å². The van der Waals surface area contributed by atoms with Gasteiger partial charge in [0, 0.05) is 0 Å². The Morgan fingerprint density at radius 3 is 2.27 bits per heavy atom. The first-order valence-corrected chi connectivity index (χ1v) is 4.22. The monoisotopic (exact) mass is 198 g/mol. The summed E-state index contributed by atoms with van der Waals surface area (Å²) in [5.41, 5.74) is 0. The van der Waals surface area contributed by atoms with Gasteiger partial charge in [0.1, 0.15) is 6.10 Å². The zero-order valence-corrected chi connectivity index (χ0v) is 8.33. The summed E-state index contributed by atoms with van der Waals surface area (Å²) >= 11 is 0. The van der Waals surface area contributed by atoms with E-state index in [9.17, 15) is 0 Å². The Labute approximate surface area is 90.0 Å². The van der Waals surface area contributed by atoms with E-state index in [0.29, 0.717) is 0 Å². The average Bonchev–Trinajstić information content (AvgIpc) is 2.26. The summed E-state index contributed by atoms with van der Waals surface area (Å²) in [7, 11) is 0. The summed E-state index contributed by atoms with van der Waals surface area (Å²) in [5.74, 6) is 19.7. The van der Waals surface area contributed by atoms with Gasteiger partial charge in [0.2, 0.25) is 0 Å². The van der Waals surface area contributed by atoms with Crippen molar-refractivity contribution >= 4 is 0 Å². The van der Waals surface area contributed by atoms with Gasteiger partial charge in [0.05, 0.1) is 6.61 Å². The lowest BCUT2D eigenvalue weighted by Gasteiger charge is -1.90. The van der Waals surface area contributed by atoms with Gasteiger partial charge in [-0.05, 0) is 48.5 Å². The normalized spacial score (nSPS) is 9.27. The summed E-state index contributed by atoms with van der Waals surface area (Å²) in [6, 6.07) is 0. The lowest BCUT2D eigenvalue weighted by atomic mass is 10.4. The van der Waals surface area contributed by atoms with Gasteiger partial charge in [-0.2, -0.15) is 0 Å². The van der Waals surface area contributed by atoms with E-state index in [1.54, 1.807) is 6.08 Å². The maximum atomic E-state index is 8.80. The van der Waals surface area contributed by atoms with Crippen molar-refractivity contribution in [3.8, 4) is 47.4 Å². The number of rotatable bonds is 1. The Morgan fingerprint density at radius 1 is 1.07 bits per heavy atom. The SMILES string of the molecule is C/C=C/C#CC#CC#CC#C[C@H](O)CO. The second-order valence-electron chi connectivity index (χ2n) is 2.24. The molecule has 0 aromatic carbocycles. The molecule has 2 nitrogen and oxygen atoms in total. The van der Waals surface area contributed by atoms with Gasteiger partial charge in [-0.1, -0.05) is 17.9 Å². The van der Waals surface area contributed by atoms with Crippen molar-refractivity contribution in [1.29, 1.82) is 0 Å². The van der Waals surface area contributed by atoms with Crippen molar-refractivity contribution in [3.05, 3.63) is 12.2 Å². The van der Waals surface area contributed by atoms with Gasteiger partial charge >= 0.3 is 0 Å². The Hall–Kier alpha value is -2.10. The molecule has 0 rings (SSSR count). The molecule has 2 heteroatoms. The van der Waals surface area contributed by atoms with Crippen LogP contribution in [0.15, 0.2) is 12.2 Å². The van der Waals surface area contributed by atoms with Crippen molar-refractivity contribution in [2.45, 2.75) is 13.0 Å². The summed E-state index contributed by atoms with van der Waals surface area (Å²) in [6.45, 7) is 1.47. The number of allylic oxidation sites excluding steroid dienone is 2. The predicted octanol–water partition coefficient (Wildman–Crippen LogP) is -0.0707. The van der Waals surface area contributed by atoms with Crippen molar-refractivity contribution < 1.29 is 10.2 Å². The fraction of sp³-hybridized carbons (Fsp3) is 0.231. The molecule has 0 aliphatic rings. The third kappa shape index (κ3) is 9.82. The second kappa shape index (κ2) is 9.98. The van der Waals surface area contributed by atoms with E-state index in [2.05, 4.69) is 47.4 Å². The summed E-state index contributed by atoms with van der Waals surface area (Å²) < 4.78 is 0. The van der Waals surface area contributed by atoms with E-state index < -0.39 is 12.7 Å². The lowest BCUT2D eigenvalue weighted by molar-refractivity contribution is 0.138. The number of hydrogen-bond donors (Lipinski definition) is 2. The largest absolute Gasteiger partial charge is 0.393 e. The molecule has 1 atom stereocenters. The van der Waals surface area contributed by atoms with E-state index in [-0.39, 0.29) is 0 Å². The second-order valence-corrected chi connectivity index (χ2v) is 2.24. The lowest BCUT2D eigenvalue weighted by Crippen LogP contribution is -2.07. The third-order valence-corrected chi connectivity index (χ3v) is 1.05. The molecule has 0 aliphatic carbocycles. The van der Waals surface area contributed by atoms with Gasteiger partial charge in [0.15, 0.2) is 0 Å². The number of aliphatic hydroxyl groups is 2. The van der Waals surface area contributed by atoms with E-state index in [0.717, 1.165) is 0 Å². The molecule has 2 N–H and O–H groups in total. The smallest absolute Gasteiger partial charge is 0.138 e. The van der Waals surface area contributed by atoms with Crippen molar-refractivity contribution in [3.63, 3.8) is 0 Å². The molecule has 0 unspecified atom stereocenters. The van der Waals surface area contributed by atoms with Crippen LogP contribution >= 0.6 is 0 Å². The highest BCUT2D eigenvalue weighted by molar-refractivity contribution is 5.41. The maximum absolute atomic E-state index is 8.80. The first kappa shape index (κ1) is 12.9. The van der Waals surface area contributed by atoms with Crippen molar-refractivity contribution in [2.75, 3.05) is 6.61 Å². The molecule has 0 aromatic rings. The molecule has 0 spiro atoms. The Bertz CT molecular complexity index is 442. The molecule has 0 bridgehead atoms.